The van der Waals surface area contributed by atoms with Gasteiger partial charge in [0, 0.05) is 45.5 Å². The minimum atomic E-state index is -0.191. The lowest BCUT2D eigenvalue weighted by atomic mass is 10.1. The van der Waals surface area contributed by atoms with Crippen LogP contribution in [0.1, 0.15) is 21.7 Å². The third kappa shape index (κ3) is 5.39. The van der Waals surface area contributed by atoms with E-state index in [1.165, 1.54) is 0 Å². The van der Waals surface area contributed by atoms with Gasteiger partial charge in [-0.2, -0.15) is 0 Å². The summed E-state index contributed by atoms with van der Waals surface area (Å²) in [6.07, 6.45) is 1.76. The van der Waals surface area contributed by atoms with Crippen molar-refractivity contribution < 1.29 is 4.79 Å². The average molecular weight is 479 g/mol. The van der Waals surface area contributed by atoms with Crippen molar-refractivity contribution in [2.24, 2.45) is 0 Å². The minimum absolute atomic E-state index is 0.191. The van der Waals surface area contributed by atoms with Crippen LogP contribution in [-0.4, -0.2) is 25.8 Å². The van der Waals surface area contributed by atoms with Gasteiger partial charge >= 0.3 is 0 Å². The number of aromatic nitrogens is 4. The van der Waals surface area contributed by atoms with E-state index in [2.05, 4.69) is 25.6 Å². The predicted octanol–water partition coefficient (Wildman–Crippen LogP) is 6.27. The van der Waals surface area contributed by atoms with Crippen LogP contribution in [0.3, 0.4) is 0 Å². The van der Waals surface area contributed by atoms with Crippen LogP contribution in [0.15, 0.2) is 84.4 Å². The zero-order valence-corrected chi connectivity index (χ0v) is 20.0. The first-order valence-electron chi connectivity index (χ1n) is 11.0. The van der Waals surface area contributed by atoms with Crippen molar-refractivity contribution in [3.63, 3.8) is 0 Å². The van der Waals surface area contributed by atoms with Gasteiger partial charge in [-0.1, -0.05) is 18.2 Å². The lowest BCUT2D eigenvalue weighted by Crippen LogP contribution is -2.11. The predicted molar refractivity (Wildman–Crippen MR) is 140 cm³/mol. The molecule has 5 aromatic rings. The van der Waals surface area contributed by atoms with Crippen LogP contribution in [0.5, 0.6) is 0 Å². The van der Waals surface area contributed by atoms with Crippen LogP contribution >= 0.6 is 11.3 Å². The molecular formula is C27H22N6OS. The van der Waals surface area contributed by atoms with E-state index in [0.717, 1.165) is 39.0 Å². The molecule has 3 aromatic heterocycles. The van der Waals surface area contributed by atoms with Crippen molar-refractivity contribution in [1.82, 2.24) is 19.9 Å². The topological polar surface area (TPSA) is 92.7 Å². The monoisotopic (exact) mass is 478 g/mol. The molecule has 0 aliphatic carbocycles. The van der Waals surface area contributed by atoms with Gasteiger partial charge in [0.15, 0.2) is 0 Å². The van der Waals surface area contributed by atoms with Crippen molar-refractivity contribution in [2.45, 2.75) is 13.8 Å². The Bertz CT molecular complexity index is 1460. The van der Waals surface area contributed by atoms with Crippen molar-refractivity contribution in [3.05, 3.63) is 101 Å². The highest BCUT2D eigenvalue weighted by Gasteiger charge is 2.10. The maximum absolute atomic E-state index is 12.8. The standard InChI is InChI=1S/C27H22N6OS/c1-17-14-18(2)30-27(29-17)32-21-11-9-19(10-12-21)25(34)31-22-7-5-6-20(15-22)24-16-35-26(33-24)23-8-3-4-13-28-23/h3-16H,1-2H3,(H,31,34)(H,29,30,32). The first kappa shape index (κ1) is 22.4. The van der Waals surface area contributed by atoms with Crippen molar-refractivity contribution in [2.75, 3.05) is 10.6 Å². The van der Waals surface area contributed by atoms with E-state index in [4.69, 9.17) is 4.98 Å². The number of amides is 1. The quantitative estimate of drug-likeness (QED) is 0.299. The number of nitrogens with zero attached hydrogens (tertiary/aromatic N) is 4. The van der Waals surface area contributed by atoms with Gasteiger partial charge in [0.25, 0.3) is 5.91 Å². The van der Waals surface area contributed by atoms with E-state index in [1.54, 1.807) is 29.7 Å². The number of pyridine rings is 1. The molecule has 5 rings (SSSR count). The number of anilines is 3. The first-order valence-corrected chi connectivity index (χ1v) is 11.9. The number of hydrogen-bond donors (Lipinski definition) is 2. The Kier molecular flexibility index (Phi) is 6.28. The molecule has 35 heavy (non-hydrogen) atoms. The van der Waals surface area contributed by atoms with Gasteiger partial charge in [-0.15, -0.1) is 11.3 Å². The highest BCUT2D eigenvalue weighted by Crippen LogP contribution is 2.29. The van der Waals surface area contributed by atoms with Gasteiger partial charge in [0.2, 0.25) is 5.95 Å². The molecule has 0 aliphatic rings. The first-order chi connectivity index (χ1) is 17.0. The molecule has 0 saturated heterocycles. The normalized spacial score (nSPS) is 10.7. The van der Waals surface area contributed by atoms with Crippen molar-refractivity contribution in [3.8, 4) is 22.0 Å². The summed E-state index contributed by atoms with van der Waals surface area (Å²) in [6, 6.07) is 22.5. The van der Waals surface area contributed by atoms with Crippen LogP contribution in [0, 0.1) is 13.8 Å². The van der Waals surface area contributed by atoms with E-state index in [-0.39, 0.29) is 5.91 Å². The maximum Gasteiger partial charge on any atom is 0.255 e. The Morgan fingerprint density at radius 1 is 0.800 bits per heavy atom. The van der Waals surface area contributed by atoms with Gasteiger partial charge in [-0.25, -0.2) is 15.0 Å². The molecule has 0 atom stereocenters. The maximum atomic E-state index is 12.8. The summed E-state index contributed by atoms with van der Waals surface area (Å²) in [4.78, 5) is 30.7. The zero-order valence-electron chi connectivity index (χ0n) is 19.2. The van der Waals surface area contributed by atoms with Crippen molar-refractivity contribution in [1.29, 1.82) is 0 Å². The number of benzene rings is 2. The minimum Gasteiger partial charge on any atom is -0.324 e. The number of rotatable bonds is 6. The molecule has 7 nitrogen and oxygen atoms in total. The molecule has 172 valence electrons. The molecule has 2 aromatic carbocycles. The van der Waals surface area contributed by atoms with E-state index in [0.29, 0.717) is 17.2 Å². The third-order valence-corrected chi connectivity index (χ3v) is 6.05. The smallest absolute Gasteiger partial charge is 0.255 e. The summed E-state index contributed by atoms with van der Waals surface area (Å²) in [6.45, 7) is 3.85. The van der Waals surface area contributed by atoms with Crippen LogP contribution < -0.4 is 10.6 Å². The van der Waals surface area contributed by atoms with Gasteiger partial charge in [-0.05, 0) is 68.4 Å². The molecule has 0 saturated carbocycles. The third-order valence-electron chi connectivity index (χ3n) is 5.19. The van der Waals surface area contributed by atoms with Crippen LogP contribution in [0.4, 0.5) is 17.3 Å². The Labute approximate surface area is 207 Å². The van der Waals surface area contributed by atoms with E-state index < -0.39 is 0 Å². The molecule has 2 N–H and O–H groups in total. The SMILES string of the molecule is Cc1cc(C)nc(Nc2ccc(C(=O)Nc3cccc(-c4csc(-c5ccccn5)n4)c3)cc2)n1. The zero-order chi connectivity index (χ0) is 24.2. The number of nitrogens with one attached hydrogen (secondary N) is 2. The molecular weight excluding hydrogens is 456 g/mol. The lowest BCUT2D eigenvalue weighted by Gasteiger charge is -2.09. The summed E-state index contributed by atoms with van der Waals surface area (Å²) in [5.74, 6) is 0.341. The Balaban J connectivity index is 1.27. The molecule has 0 spiro atoms. The van der Waals surface area contributed by atoms with Crippen LogP contribution in [0.25, 0.3) is 22.0 Å². The molecule has 0 bridgehead atoms. The van der Waals surface area contributed by atoms with Gasteiger partial charge in [-0.3, -0.25) is 9.78 Å². The van der Waals surface area contributed by atoms with Gasteiger partial charge in [0.05, 0.1) is 11.4 Å². The fourth-order valence-electron chi connectivity index (χ4n) is 3.59. The molecule has 0 fully saturated rings. The number of aryl methyl sites for hydroxylation is 2. The second-order valence-corrected chi connectivity index (χ2v) is 8.82. The van der Waals surface area contributed by atoms with Crippen LogP contribution in [-0.2, 0) is 0 Å². The molecule has 3 heterocycles. The fourth-order valence-corrected chi connectivity index (χ4v) is 4.39. The molecule has 0 aliphatic heterocycles. The van der Waals surface area contributed by atoms with Gasteiger partial charge < -0.3 is 10.6 Å². The highest BCUT2D eigenvalue weighted by atomic mass is 32.1. The summed E-state index contributed by atoms with van der Waals surface area (Å²) < 4.78 is 0. The summed E-state index contributed by atoms with van der Waals surface area (Å²) >= 11 is 1.54. The molecule has 0 radical (unpaired) electrons. The Morgan fingerprint density at radius 2 is 1.60 bits per heavy atom. The van der Waals surface area contributed by atoms with E-state index >= 15 is 0 Å². The molecule has 8 heteroatoms. The largest absolute Gasteiger partial charge is 0.324 e. The Hall–Kier alpha value is -4.43. The lowest BCUT2D eigenvalue weighted by molar-refractivity contribution is 0.102. The summed E-state index contributed by atoms with van der Waals surface area (Å²) in [5.41, 5.74) is 6.45. The summed E-state index contributed by atoms with van der Waals surface area (Å²) in [7, 11) is 0. The second-order valence-electron chi connectivity index (χ2n) is 7.96. The van der Waals surface area contributed by atoms with Crippen LogP contribution in [0.2, 0.25) is 0 Å². The number of carbonyl (C=O) groups is 1. The Morgan fingerprint density at radius 3 is 2.34 bits per heavy atom. The summed E-state index contributed by atoms with van der Waals surface area (Å²) in [5, 5.41) is 9.00. The average Bonchev–Trinajstić information content (AvgIpc) is 3.35. The second kappa shape index (κ2) is 9.82. The molecule has 0 unspecified atom stereocenters. The van der Waals surface area contributed by atoms with Crippen molar-refractivity contribution >= 4 is 34.6 Å². The van der Waals surface area contributed by atoms with E-state index in [1.807, 2.05) is 79.9 Å². The fraction of sp³-hybridized carbons (Fsp3) is 0.0741. The molecule has 1 amide bonds. The number of hydrogen-bond acceptors (Lipinski definition) is 7. The number of thiazole rings is 1. The highest BCUT2D eigenvalue weighted by molar-refractivity contribution is 7.13. The van der Waals surface area contributed by atoms with Gasteiger partial charge in [0.1, 0.15) is 5.01 Å². The number of carbonyl (C=O) groups excluding carboxylic acids is 1. The van der Waals surface area contributed by atoms with E-state index in [9.17, 15) is 4.79 Å².